The molecule has 7 heteroatoms. The molecule has 0 amide bonds. The van der Waals surface area contributed by atoms with Gasteiger partial charge in [0.1, 0.15) is 22.9 Å². The summed E-state index contributed by atoms with van der Waals surface area (Å²) < 4.78 is 14.3. The molecular weight excluding hydrogens is 446 g/mol. The van der Waals surface area contributed by atoms with Crippen molar-refractivity contribution in [1.29, 1.82) is 0 Å². The first-order valence-corrected chi connectivity index (χ1v) is 13.1. The van der Waals surface area contributed by atoms with E-state index in [1.165, 1.54) is 12.8 Å². The number of ether oxygens (including phenoxy) is 2. The zero-order valence-electron chi connectivity index (χ0n) is 20.8. The van der Waals surface area contributed by atoms with Gasteiger partial charge in [0.15, 0.2) is 0 Å². The average Bonchev–Trinajstić information content (AvgIpc) is 3.31. The molecule has 0 radical (unpaired) electrons. The SMILES string of the molecule is COC(C)(C)CCc1cc2ncn(-c3ccc(O[C@H]4C[C@H]5CC[C@@H](C4)N5C)c(C)c3)c(=O)c2s1. The van der Waals surface area contributed by atoms with Gasteiger partial charge in [0.25, 0.3) is 5.56 Å². The van der Waals surface area contributed by atoms with Crippen molar-refractivity contribution in [2.45, 2.75) is 83.1 Å². The van der Waals surface area contributed by atoms with Crippen LogP contribution in [0.1, 0.15) is 56.4 Å². The molecule has 3 aromatic rings. The van der Waals surface area contributed by atoms with E-state index in [4.69, 9.17) is 9.47 Å². The second-order valence-electron chi connectivity index (χ2n) is 10.5. The first kappa shape index (κ1) is 23.5. The number of fused-ring (bicyclic) bond motifs is 3. The second-order valence-corrected chi connectivity index (χ2v) is 11.7. The minimum Gasteiger partial charge on any atom is -0.490 e. The van der Waals surface area contributed by atoms with Crippen LogP contribution in [-0.4, -0.2) is 52.4 Å². The van der Waals surface area contributed by atoms with Crippen LogP contribution in [0, 0.1) is 6.92 Å². The maximum atomic E-state index is 13.3. The lowest BCUT2D eigenvalue weighted by Gasteiger charge is -2.36. The molecule has 0 N–H and O–H groups in total. The predicted molar refractivity (Wildman–Crippen MR) is 138 cm³/mol. The van der Waals surface area contributed by atoms with Crippen LogP contribution < -0.4 is 10.3 Å². The summed E-state index contributed by atoms with van der Waals surface area (Å²) in [5, 5.41) is 0. The van der Waals surface area contributed by atoms with Crippen molar-refractivity contribution >= 4 is 21.6 Å². The zero-order valence-corrected chi connectivity index (χ0v) is 21.7. The molecule has 0 unspecified atom stereocenters. The number of nitrogens with zero attached hydrogens (tertiary/aromatic N) is 3. The lowest BCUT2D eigenvalue weighted by Crippen LogP contribution is -2.43. The van der Waals surface area contributed by atoms with E-state index in [0.29, 0.717) is 16.8 Å². The van der Waals surface area contributed by atoms with Gasteiger partial charge in [-0.15, -0.1) is 11.3 Å². The summed E-state index contributed by atoms with van der Waals surface area (Å²) in [6.45, 7) is 6.22. The molecule has 5 rings (SSSR count). The third kappa shape index (κ3) is 4.53. The quantitative estimate of drug-likeness (QED) is 0.469. The topological polar surface area (TPSA) is 56.6 Å². The molecule has 34 heavy (non-hydrogen) atoms. The summed E-state index contributed by atoms with van der Waals surface area (Å²) in [5.41, 5.74) is 2.43. The highest BCUT2D eigenvalue weighted by Crippen LogP contribution is 2.36. The minimum absolute atomic E-state index is 0.0211. The largest absolute Gasteiger partial charge is 0.490 e. The van der Waals surface area contributed by atoms with Gasteiger partial charge in [-0.05, 0) is 96.2 Å². The van der Waals surface area contributed by atoms with E-state index < -0.39 is 0 Å². The van der Waals surface area contributed by atoms with E-state index in [2.05, 4.69) is 37.7 Å². The molecule has 3 atom stereocenters. The van der Waals surface area contributed by atoms with Gasteiger partial charge in [0, 0.05) is 24.1 Å². The number of methoxy groups -OCH3 is 1. The van der Waals surface area contributed by atoms with Gasteiger partial charge in [-0.3, -0.25) is 9.36 Å². The van der Waals surface area contributed by atoms with Gasteiger partial charge in [-0.2, -0.15) is 0 Å². The highest BCUT2D eigenvalue weighted by atomic mass is 32.1. The van der Waals surface area contributed by atoms with E-state index in [1.807, 2.05) is 24.3 Å². The smallest absolute Gasteiger partial charge is 0.275 e. The predicted octanol–water partition coefficient (Wildman–Crippen LogP) is 5.12. The van der Waals surface area contributed by atoms with Crippen LogP contribution in [0.4, 0.5) is 0 Å². The van der Waals surface area contributed by atoms with E-state index in [9.17, 15) is 4.79 Å². The Morgan fingerprint density at radius 3 is 2.59 bits per heavy atom. The maximum Gasteiger partial charge on any atom is 0.275 e. The molecule has 2 aromatic heterocycles. The van der Waals surface area contributed by atoms with Crippen LogP contribution in [0.5, 0.6) is 5.75 Å². The van der Waals surface area contributed by atoms with Gasteiger partial charge in [-0.1, -0.05) is 0 Å². The molecule has 2 aliphatic heterocycles. The Bertz CT molecular complexity index is 1230. The third-order valence-corrected chi connectivity index (χ3v) is 8.97. The second kappa shape index (κ2) is 9.10. The Kier molecular flexibility index (Phi) is 6.29. The number of rotatable bonds is 7. The summed E-state index contributed by atoms with van der Waals surface area (Å²) in [5.74, 6) is 0.916. The first-order chi connectivity index (χ1) is 16.2. The number of piperidine rings is 1. The van der Waals surface area contributed by atoms with Gasteiger partial charge in [-0.25, -0.2) is 4.98 Å². The molecule has 2 bridgehead atoms. The van der Waals surface area contributed by atoms with Crippen LogP contribution in [0.15, 0.2) is 35.4 Å². The highest BCUT2D eigenvalue weighted by molar-refractivity contribution is 7.18. The van der Waals surface area contributed by atoms with E-state index >= 15 is 0 Å². The van der Waals surface area contributed by atoms with Crippen LogP contribution in [0.25, 0.3) is 15.9 Å². The number of hydrogen-bond acceptors (Lipinski definition) is 6. The molecular formula is C27H35N3O3S. The van der Waals surface area contributed by atoms with Crippen LogP contribution >= 0.6 is 11.3 Å². The number of aromatic nitrogens is 2. The summed E-state index contributed by atoms with van der Waals surface area (Å²) >= 11 is 1.54. The fourth-order valence-electron chi connectivity index (χ4n) is 5.35. The average molecular weight is 482 g/mol. The molecule has 0 saturated carbocycles. The van der Waals surface area contributed by atoms with Gasteiger partial charge in [0.2, 0.25) is 0 Å². The Morgan fingerprint density at radius 1 is 1.18 bits per heavy atom. The van der Waals surface area contributed by atoms with Gasteiger partial charge in [0.05, 0.1) is 16.8 Å². The third-order valence-electron chi connectivity index (χ3n) is 7.80. The molecule has 2 fully saturated rings. The monoisotopic (exact) mass is 481 g/mol. The molecule has 0 spiro atoms. The molecule has 0 aliphatic carbocycles. The van der Waals surface area contributed by atoms with Gasteiger partial charge < -0.3 is 14.4 Å². The summed E-state index contributed by atoms with van der Waals surface area (Å²) in [6, 6.07) is 9.34. The fourth-order valence-corrected chi connectivity index (χ4v) is 6.39. The Morgan fingerprint density at radius 2 is 1.91 bits per heavy atom. The molecule has 2 saturated heterocycles. The Hall–Kier alpha value is -2.22. The Balaban J connectivity index is 1.34. The van der Waals surface area contributed by atoms with Crippen molar-refractivity contribution in [1.82, 2.24) is 14.5 Å². The molecule has 1 aromatic carbocycles. The van der Waals surface area contributed by atoms with E-state index in [0.717, 1.165) is 53.1 Å². The van der Waals surface area contributed by atoms with Crippen molar-refractivity contribution in [3.8, 4) is 11.4 Å². The lowest BCUT2D eigenvalue weighted by atomic mass is 10.0. The van der Waals surface area contributed by atoms with Crippen molar-refractivity contribution in [3.05, 3.63) is 51.4 Å². The molecule has 2 aliphatic rings. The van der Waals surface area contributed by atoms with Gasteiger partial charge >= 0.3 is 0 Å². The first-order valence-electron chi connectivity index (χ1n) is 12.3. The van der Waals surface area contributed by atoms with E-state index in [1.54, 1.807) is 29.3 Å². The summed E-state index contributed by atoms with van der Waals surface area (Å²) in [7, 11) is 3.99. The molecule has 6 nitrogen and oxygen atoms in total. The summed E-state index contributed by atoms with van der Waals surface area (Å²) in [6.07, 6.45) is 8.43. The molecule has 4 heterocycles. The normalized spacial score (nSPS) is 23.0. The number of hydrogen-bond donors (Lipinski definition) is 0. The minimum atomic E-state index is -0.182. The highest BCUT2D eigenvalue weighted by Gasteiger charge is 2.39. The van der Waals surface area contributed by atoms with Crippen LogP contribution in [-0.2, 0) is 11.2 Å². The van der Waals surface area contributed by atoms with Crippen LogP contribution in [0.3, 0.4) is 0 Å². The van der Waals surface area contributed by atoms with Crippen LogP contribution in [0.2, 0.25) is 0 Å². The van der Waals surface area contributed by atoms with E-state index in [-0.39, 0.29) is 17.3 Å². The number of benzene rings is 1. The van der Waals surface area contributed by atoms with Crippen molar-refractivity contribution in [2.24, 2.45) is 0 Å². The molecule has 182 valence electrons. The summed E-state index contributed by atoms with van der Waals surface area (Å²) in [4.78, 5) is 21.6. The van der Waals surface area contributed by atoms with Crippen molar-refractivity contribution < 1.29 is 9.47 Å². The Labute approximate surface area is 205 Å². The fraction of sp³-hybridized carbons (Fsp3) is 0.556. The number of aryl methyl sites for hydroxylation is 2. The van der Waals surface area contributed by atoms with Crippen molar-refractivity contribution in [2.75, 3.05) is 14.2 Å². The lowest BCUT2D eigenvalue weighted by molar-refractivity contribution is 0.0159. The maximum absolute atomic E-state index is 13.3. The standard InChI is InChI=1S/C27H35N3O3S/c1-17-12-20(8-9-24(17)33-21-13-18-6-7-19(14-21)29(18)4)30-16-28-23-15-22(34-25(23)26(30)31)10-11-27(2,3)32-5/h8-9,12,15-16,18-19,21H,6-7,10-11,13-14H2,1-5H3/t18-,19+,21+. The van der Waals surface area contributed by atoms with Crippen molar-refractivity contribution in [3.63, 3.8) is 0 Å². The zero-order chi connectivity index (χ0) is 24.0. The number of thiophene rings is 1.